The molecule has 0 heteroatoms. The fourth-order valence-electron chi connectivity index (χ4n) is 3.11. The predicted molar refractivity (Wildman–Crippen MR) is 85.6 cm³/mol. The molecular weight excluding hydrogens is 240 g/mol. The van der Waals surface area contributed by atoms with Crippen molar-refractivity contribution in [2.24, 2.45) is 0 Å². The van der Waals surface area contributed by atoms with Gasteiger partial charge in [0.15, 0.2) is 0 Å². The highest BCUT2D eigenvalue weighted by Crippen LogP contribution is 2.39. The Morgan fingerprint density at radius 3 is 2.45 bits per heavy atom. The minimum Gasteiger partial charge on any atom is -0.0674 e. The minimum atomic E-state index is 1.30. The van der Waals surface area contributed by atoms with E-state index in [1.54, 1.807) is 0 Å². The maximum atomic E-state index is 2.25. The second kappa shape index (κ2) is 4.35. The highest BCUT2D eigenvalue weighted by atomic mass is 14.2. The molecule has 0 saturated heterocycles. The van der Waals surface area contributed by atoms with Crippen LogP contribution in [0.3, 0.4) is 0 Å². The van der Waals surface area contributed by atoms with Gasteiger partial charge in [0.2, 0.25) is 0 Å². The average Bonchev–Trinajstić information content (AvgIpc) is 2.91. The van der Waals surface area contributed by atoms with E-state index in [-0.39, 0.29) is 0 Å². The predicted octanol–water partition coefficient (Wildman–Crippen LogP) is 5.15. The number of hydrogen-bond acceptors (Lipinski definition) is 0. The van der Waals surface area contributed by atoms with E-state index in [0.29, 0.717) is 0 Å². The summed E-state index contributed by atoms with van der Waals surface area (Å²) in [7, 11) is 0. The van der Waals surface area contributed by atoms with E-state index < -0.39 is 0 Å². The molecule has 20 heavy (non-hydrogen) atoms. The quantitative estimate of drug-likeness (QED) is 0.564. The molecule has 1 radical (unpaired) electrons. The van der Waals surface area contributed by atoms with Gasteiger partial charge >= 0.3 is 0 Å². The Morgan fingerprint density at radius 1 is 0.700 bits per heavy atom. The first kappa shape index (κ1) is 11.5. The number of aryl methyl sites for hydroxylation is 1. The monoisotopic (exact) mass is 255 g/mol. The van der Waals surface area contributed by atoms with Crippen molar-refractivity contribution in [1.29, 1.82) is 0 Å². The first-order chi connectivity index (χ1) is 9.84. The molecule has 0 aromatic heterocycles. The number of fused-ring (bicyclic) bond motifs is 2. The van der Waals surface area contributed by atoms with Crippen molar-refractivity contribution in [1.82, 2.24) is 0 Å². The summed E-state index contributed by atoms with van der Waals surface area (Å²) in [4.78, 5) is 0. The van der Waals surface area contributed by atoms with Crippen LogP contribution in [0, 0.1) is 12.8 Å². The lowest BCUT2D eigenvalue weighted by Crippen LogP contribution is -2.00. The van der Waals surface area contributed by atoms with Crippen LogP contribution in [0.2, 0.25) is 0 Å². The lowest BCUT2D eigenvalue weighted by Gasteiger charge is -2.16. The Balaban J connectivity index is 2.01. The summed E-state index contributed by atoms with van der Waals surface area (Å²) < 4.78 is 0. The molecule has 0 spiro atoms. The Labute approximate surface area is 119 Å². The molecule has 1 aliphatic carbocycles. The van der Waals surface area contributed by atoms with Crippen LogP contribution in [0.4, 0.5) is 0 Å². The molecule has 1 aliphatic rings. The van der Waals surface area contributed by atoms with Crippen LogP contribution in [0.15, 0.2) is 66.7 Å². The molecule has 4 rings (SSSR count). The van der Waals surface area contributed by atoms with E-state index in [1.165, 1.54) is 38.9 Å². The summed E-state index contributed by atoms with van der Waals surface area (Å²) in [6.45, 7) is 2.20. The highest BCUT2D eigenvalue weighted by molar-refractivity contribution is 5.92. The SMILES string of the molecule is Cc1ccc2ccccc2c1[C]1C=Cc2ccccc21. The minimum absolute atomic E-state index is 1.30. The maximum Gasteiger partial charge on any atom is 0.0572 e. The van der Waals surface area contributed by atoms with E-state index >= 15 is 0 Å². The van der Waals surface area contributed by atoms with Crippen LogP contribution in [0.5, 0.6) is 0 Å². The molecule has 0 atom stereocenters. The van der Waals surface area contributed by atoms with Crippen LogP contribution in [-0.2, 0) is 0 Å². The molecular formula is C20H15. The molecule has 0 nitrogen and oxygen atoms in total. The van der Waals surface area contributed by atoms with Crippen LogP contribution in [-0.4, -0.2) is 0 Å². The average molecular weight is 255 g/mol. The maximum absolute atomic E-state index is 2.25. The Kier molecular flexibility index (Phi) is 2.50. The van der Waals surface area contributed by atoms with Crippen molar-refractivity contribution < 1.29 is 0 Å². The molecule has 0 aliphatic heterocycles. The van der Waals surface area contributed by atoms with Gasteiger partial charge in [-0.3, -0.25) is 0 Å². The molecule has 0 amide bonds. The summed E-state index contributed by atoms with van der Waals surface area (Å²) in [5, 5.41) is 2.64. The van der Waals surface area contributed by atoms with Crippen LogP contribution in [0.1, 0.15) is 22.3 Å². The van der Waals surface area contributed by atoms with E-state index in [2.05, 4.69) is 79.7 Å². The van der Waals surface area contributed by atoms with E-state index in [9.17, 15) is 0 Å². The second-order valence-electron chi connectivity index (χ2n) is 5.31. The molecule has 3 aromatic carbocycles. The standard InChI is InChI=1S/C20H15/c1-14-10-11-16-7-3-5-9-18(16)20(14)19-13-12-15-6-2-4-8-17(15)19/h2-13H,1H3. The fourth-order valence-corrected chi connectivity index (χ4v) is 3.11. The van der Waals surface area contributed by atoms with Gasteiger partial charge in [0.05, 0.1) is 5.92 Å². The number of rotatable bonds is 1. The van der Waals surface area contributed by atoms with Gasteiger partial charge < -0.3 is 0 Å². The van der Waals surface area contributed by atoms with Gasteiger partial charge in [-0.15, -0.1) is 0 Å². The molecule has 0 fully saturated rings. The summed E-state index contributed by atoms with van der Waals surface area (Å²) in [5.74, 6) is 1.34. The van der Waals surface area contributed by atoms with E-state index in [1.807, 2.05) is 0 Å². The third-order valence-electron chi connectivity index (χ3n) is 4.09. The van der Waals surface area contributed by atoms with Gasteiger partial charge in [0, 0.05) is 0 Å². The smallest absolute Gasteiger partial charge is 0.0572 e. The first-order valence-corrected chi connectivity index (χ1v) is 6.98. The van der Waals surface area contributed by atoms with Crippen molar-refractivity contribution in [3.8, 4) is 0 Å². The summed E-state index contributed by atoms with van der Waals surface area (Å²) in [6, 6.07) is 21.7. The Bertz CT molecular complexity index is 824. The van der Waals surface area contributed by atoms with Crippen LogP contribution in [0.25, 0.3) is 16.8 Å². The second-order valence-corrected chi connectivity index (χ2v) is 5.31. The Morgan fingerprint density at radius 2 is 1.50 bits per heavy atom. The number of allylic oxidation sites excluding steroid dienone is 1. The molecule has 0 bridgehead atoms. The molecule has 0 saturated carbocycles. The molecule has 0 N–H and O–H groups in total. The number of benzene rings is 3. The van der Waals surface area contributed by atoms with E-state index in [4.69, 9.17) is 0 Å². The largest absolute Gasteiger partial charge is 0.0674 e. The van der Waals surface area contributed by atoms with Crippen LogP contribution < -0.4 is 0 Å². The third kappa shape index (κ3) is 1.61. The molecule has 3 aromatic rings. The zero-order valence-corrected chi connectivity index (χ0v) is 11.4. The zero-order chi connectivity index (χ0) is 13.5. The molecule has 0 heterocycles. The van der Waals surface area contributed by atoms with Gasteiger partial charge in [0.1, 0.15) is 0 Å². The fraction of sp³-hybridized carbons (Fsp3) is 0.0500. The third-order valence-corrected chi connectivity index (χ3v) is 4.09. The normalized spacial score (nSPS) is 13.8. The molecule has 95 valence electrons. The number of hydrogen-bond donors (Lipinski definition) is 0. The molecule has 0 unspecified atom stereocenters. The first-order valence-electron chi connectivity index (χ1n) is 6.98. The summed E-state index contributed by atoms with van der Waals surface area (Å²) >= 11 is 0. The summed E-state index contributed by atoms with van der Waals surface area (Å²) in [6.07, 6.45) is 4.46. The summed E-state index contributed by atoms with van der Waals surface area (Å²) in [5.41, 5.74) is 5.35. The lowest BCUT2D eigenvalue weighted by atomic mass is 9.86. The lowest BCUT2D eigenvalue weighted by molar-refractivity contribution is 1.28. The zero-order valence-electron chi connectivity index (χ0n) is 11.4. The van der Waals surface area contributed by atoms with Gasteiger partial charge in [-0.25, -0.2) is 0 Å². The van der Waals surface area contributed by atoms with Crippen molar-refractivity contribution >= 4 is 16.8 Å². The van der Waals surface area contributed by atoms with Gasteiger partial charge in [0.25, 0.3) is 0 Å². The topological polar surface area (TPSA) is 0 Å². The van der Waals surface area contributed by atoms with Gasteiger partial charge in [-0.2, -0.15) is 0 Å². The van der Waals surface area contributed by atoms with Crippen molar-refractivity contribution in [3.05, 3.63) is 94.9 Å². The van der Waals surface area contributed by atoms with Crippen molar-refractivity contribution in [3.63, 3.8) is 0 Å². The van der Waals surface area contributed by atoms with Crippen molar-refractivity contribution in [2.45, 2.75) is 6.92 Å². The van der Waals surface area contributed by atoms with E-state index in [0.717, 1.165) is 0 Å². The van der Waals surface area contributed by atoms with Gasteiger partial charge in [-0.05, 0) is 39.9 Å². The Hall–Kier alpha value is -2.34. The van der Waals surface area contributed by atoms with Crippen LogP contribution >= 0.6 is 0 Å². The highest BCUT2D eigenvalue weighted by Gasteiger charge is 2.22. The van der Waals surface area contributed by atoms with Crippen molar-refractivity contribution in [2.75, 3.05) is 0 Å². The van der Waals surface area contributed by atoms with Gasteiger partial charge in [-0.1, -0.05) is 72.8 Å².